The van der Waals surface area contributed by atoms with E-state index in [-0.39, 0.29) is 5.91 Å². The number of rotatable bonds is 3. The lowest BCUT2D eigenvalue weighted by molar-refractivity contribution is -0.192. The Morgan fingerprint density at radius 2 is 1.96 bits per heavy atom. The summed E-state index contributed by atoms with van der Waals surface area (Å²) >= 11 is 0. The van der Waals surface area contributed by atoms with Gasteiger partial charge in [0.25, 0.3) is 5.91 Å². The first-order chi connectivity index (χ1) is 12.4. The van der Waals surface area contributed by atoms with Gasteiger partial charge in [0.15, 0.2) is 0 Å². The van der Waals surface area contributed by atoms with Crippen LogP contribution < -0.4 is 0 Å². The molecule has 1 N–H and O–H groups in total. The average molecular weight is 391 g/mol. The number of alkyl halides is 3. The third-order valence-corrected chi connectivity index (χ3v) is 5.58. The number of carbonyl (C=O) groups excluding carboxylic acids is 1. The lowest BCUT2D eigenvalue weighted by Gasteiger charge is -2.28. The van der Waals surface area contributed by atoms with Gasteiger partial charge in [0, 0.05) is 32.1 Å². The zero-order chi connectivity index (χ0) is 20.6. The van der Waals surface area contributed by atoms with Crippen molar-refractivity contribution in [1.29, 1.82) is 0 Å². The van der Waals surface area contributed by atoms with Crippen LogP contribution in [0.15, 0.2) is 4.99 Å². The van der Waals surface area contributed by atoms with Gasteiger partial charge in [0.2, 0.25) is 0 Å². The van der Waals surface area contributed by atoms with Crippen molar-refractivity contribution in [1.82, 2.24) is 9.80 Å². The minimum Gasteiger partial charge on any atom is -0.475 e. The smallest absolute Gasteiger partial charge is 0.475 e. The molecular weight excluding hydrogens is 363 g/mol. The highest BCUT2D eigenvalue weighted by Gasteiger charge is 2.60. The van der Waals surface area contributed by atoms with Gasteiger partial charge >= 0.3 is 12.1 Å². The molecule has 0 bridgehead atoms. The van der Waals surface area contributed by atoms with Crippen LogP contribution in [0, 0.1) is 17.8 Å². The summed E-state index contributed by atoms with van der Waals surface area (Å²) in [5.41, 5.74) is -0.406. The summed E-state index contributed by atoms with van der Waals surface area (Å²) in [6.07, 6.45) is -2.95. The van der Waals surface area contributed by atoms with Gasteiger partial charge in [-0.2, -0.15) is 13.2 Å². The normalized spacial score (nSPS) is 30.6. The minimum atomic E-state index is -5.08. The first-order valence-corrected chi connectivity index (χ1v) is 9.33. The summed E-state index contributed by atoms with van der Waals surface area (Å²) in [5.74, 6) is 0.261. The maximum atomic E-state index is 12.8. The first kappa shape index (κ1) is 21.7. The number of hydrogen-bond donors (Lipinski definition) is 1. The SMILES string of the molecule is CCN1C(=O)[C@]2(CC[C@@H]3CN(CC(C)C)C[C@@H]32)N=C1C.O=C(O)C(F)(F)F. The Balaban J connectivity index is 0.000000321. The van der Waals surface area contributed by atoms with Crippen LogP contribution >= 0.6 is 0 Å². The van der Waals surface area contributed by atoms with Gasteiger partial charge in [-0.3, -0.25) is 14.7 Å². The second-order valence-electron chi connectivity index (χ2n) is 7.95. The Morgan fingerprint density at radius 1 is 1.37 bits per heavy atom. The van der Waals surface area contributed by atoms with Crippen LogP contribution in [-0.4, -0.2) is 70.5 Å². The third kappa shape index (κ3) is 4.28. The highest BCUT2D eigenvalue weighted by atomic mass is 19.4. The minimum absolute atomic E-state index is 0.274. The van der Waals surface area contributed by atoms with Crippen molar-refractivity contribution in [3.8, 4) is 0 Å². The summed E-state index contributed by atoms with van der Waals surface area (Å²) in [7, 11) is 0. The van der Waals surface area contributed by atoms with E-state index in [1.807, 2.05) is 18.7 Å². The number of fused-ring (bicyclic) bond motifs is 2. The Morgan fingerprint density at radius 3 is 2.41 bits per heavy atom. The molecule has 2 fully saturated rings. The highest BCUT2D eigenvalue weighted by Crippen LogP contribution is 2.50. The number of carbonyl (C=O) groups is 2. The van der Waals surface area contributed by atoms with Gasteiger partial charge in [-0.15, -0.1) is 0 Å². The van der Waals surface area contributed by atoms with E-state index in [0.717, 1.165) is 31.9 Å². The van der Waals surface area contributed by atoms with Crippen molar-refractivity contribution in [2.24, 2.45) is 22.7 Å². The van der Waals surface area contributed by atoms with Crippen molar-refractivity contribution in [3.05, 3.63) is 0 Å². The fraction of sp³-hybridized carbons (Fsp3) is 0.833. The van der Waals surface area contributed by atoms with Crippen LogP contribution in [-0.2, 0) is 9.59 Å². The predicted octanol–water partition coefficient (Wildman–Crippen LogP) is 2.64. The molecule has 2 aliphatic heterocycles. The molecule has 3 aliphatic rings. The first-order valence-electron chi connectivity index (χ1n) is 9.33. The van der Waals surface area contributed by atoms with Crippen molar-refractivity contribution in [2.45, 2.75) is 52.3 Å². The molecule has 1 spiro atoms. The molecule has 6 nitrogen and oxygen atoms in total. The zero-order valence-corrected chi connectivity index (χ0v) is 16.2. The monoisotopic (exact) mass is 391 g/mol. The van der Waals surface area contributed by atoms with Gasteiger partial charge in [0.05, 0.1) is 0 Å². The van der Waals surface area contributed by atoms with E-state index in [4.69, 9.17) is 14.9 Å². The second kappa shape index (κ2) is 7.77. The third-order valence-electron chi connectivity index (χ3n) is 5.58. The van der Waals surface area contributed by atoms with Gasteiger partial charge in [0.1, 0.15) is 11.4 Å². The lowest BCUT2D eigenvalue weighted by Crippen LogP contribution is -2.46. The molecule has 0 aromatic rings. The van der Waals surface area contributed by atoms with E-state index < -0.39 is 17.7 Å². The number of carboxylic acids is 1. The van der Waals surface area contributed by atoms with E-state index in [9.17, 15) is 18.0 Å². The Bertz CT molecular complexity index is 621. The number of likely N-dealkylation sites (N-methyl/N-ethyl adjacent to an activating group) is 1. The van der Waals surface area contributed by atoms with Crippen molar-refractivity contribution < 1.29 is 27.9 Å². The average Bonchev–Trinajstić information content (AvgIpc) is 3.14. The molecule has 1 amide bonds. The number of aliphatic carboxylic acids is 1. The van der Waals surface area contributed by atoms with Crippen LogP contribution in [0.5, 0.6) is 0 Å². The van der Waals surface area contributed by atoms with E-state index >= 15 is 0 Å². The molecule has 0 aromatic heterocycles. The molecule has 2 heterocycles. The summed E-state index contributed by atoms with van der Waals surface area (Å²) in [4.78, 5) is 31.0. The molecule has 9 heteroatoms. The fourth-order valence-corrected chi connectivity index (χ4v) is 4.60. The standard InChI is InChI=1S/C16H27N3O.C2HF3O2/c1-5-19-12(4)17-16(15(19)20)7-6-13-9-18(8-11(2)3)10-14(13)16;3-2(4,5)1(6)7/h11,13-14H,5-10H2,1-4H3;(H,6,7)/t13-,14+,16-;/m1./s1. The largest absolute Gasteiger partial charge is 0.490 e. The Kier molecular flexibility index (Phi) is 6.23. The molecule has 1 aliphatic carbocycles. The molecule has 0 unspecified atom stereocenters. The van der Waals surface area contributed by atoms with Crippen LogP contribution in [0.25, 0.3) is 0 Å². The van der Waals surface area contributed by atoms with Gasteiger partial charge in [-0.05, 0) is 38.5 Å². The molecule has 0 radical (unpaired) electrons. The number of halogens is 3. The van der Waals surface area contributed by atoms with Gasteiger partial charge < -0.3 is 10.0 Å². The number of amides is 1. The summed E-state index contributed by atoms with van der Waals surface area (Å²) in [6, 6.07) is 0. The predicted molar refractivity (Wildman–Crippen MR) is 94.4 cm³/mol. The number of likely N-dealkylation sites (tertiary alicyclic amines) is 1. The lowest BCUT2D eigenvalue weighted by atomic mass is 9.85. The summed E-state index contributed by atoms with van der Waals surface area (Å²) in [5, 5.41) is 7.12. The van der Waals surface area contributed by atoms with Crippen LogP contribution in [0.4, 0.5) is 13.2 Å². The van der Waals surface area contributed by atoms with Crippen molar-refractivity contribution >= 4 is 17.7 Å². The van der Waals surface area contributed by atoms with E-state index in [0.29, 0.717) is 17.8 Å². The molecule has 1 saturated carbocycles. The van der Waals surface area contributed by atoms with Crippen LogP contribution in [0.3, 0.4) is 0 Å². The maximum Gasteiger partial charge on any atom is 0.490 e. The number of carboxylic acid groups (broad SMARTS) is 1. The number of hydrogen-bond acceptors (Lipinski definition) is 4. The highest BCUT2D eigenvalue weighted by molar-refractivity contribution is 6.07. The molecule has 27 heavy (non-hydrogen) atoms. The molecule has 3 atom stereocenters. The van der Waals surface area contributed by atoms with E-state index in [2.05, 4.69) is 18.7 Å². The van der Waals surface area contributed by atoms with Crippen LogP contribution in [0.2, 0.25) is 0 Å². The number of aliphatic imine (C=N–C) groups is 1. The molecule has 3 rings (SSSR count). The quantitative estimate of drug-likeness (QED) is 0.803. The van der Waals surface area contributed by atoms with Gasteiger partial charge in [-0.25, -0.2) is 4.79 Å². The fourth-order valence-electron chi connectivity index (χ4n) is 4.60. The Labute approximate surface area is 157 Å². The van der Waals surface area contributed by atoms with E-state index in [1.54, 1.807) is 0 Å². The van der Waals surface area contributed by atoms with Crippen LogP contribution in [0.1, 0.15) is 40.5 Å². The van der Waals surface area contributed by atoms with Crippen molar-refractivity contribution in [2.75, 3.05) is 26.2 Å². The molecule has 154 valence electrons. The summed E-state index contributed by atoms with van der Waals surface area (Å²) in [6.45, 7) is 12.7. The maximum absolute atomic E-state index is 12.8. The van der Waals surface area contributed by atoms with Gasteiger partial charge in [-0.1, -0.05) is 13.8 Å². The summed E-state index contributed by atoms with van der Waals surface area (Å²) < 4.78 is 31.7. The second-order valence-corrected chi connectivity index (χ2v) is 7.95. The Hall–Kier alpha value is -1.64. The van der Waals surface area contributed by atoms with Crippen molar-refractivity contribution in [3.63, 3.8) is 0 Å². The topological polar surface area (TPSA) is 73.2 Å². The number of amidine groups is 1. The van der Waals surface area contributed by atoms with E-state index in [1.165, 1.54) is 13.0 Å². The zero-order valence-electron chi connectivity index (χ0n) is 16.2. The molecule has 1 saturated heterocycles. The number of nitrogens with zero attached hydrogens (tertiary/aromatic N) is 3. The molecule has 0 aromatic carbocycles. The molecular formula is C18H28F3N3O3.